The van der Waals surface area contributed by atoms with E-state index in [1.807, 2.05) is 12.1 Å². The first-order valence-electron chi connectivity index (χ1n) is 9.58. The van der Waals surface area contributed by atoms with E-state index in [1.54, 1.807) is 18.3 Å². The minimum atomic E-state index is 0.321. The molecule has 0 aliphatic carbocycles. The van der Waals surface area contributed by atoms with Crippen LogP contribution in [-0.4, -0.2) is 35.8 Å². The van der Waals surface area contributed by atoms with Crippen molar-refractivity contribution < 1.29 is 4.74 Å². The van der Waals surface area contributed by atoms with E-state index in [0.29, 0.717) is 27.3 Å². The Labute approximate surface area is 175 Å². The van der Waals surface area contributed by atoms with Crippen molar-refractivity contribution in [2.75, 3.05) is 24.6 Å². The van der Waals surface area contributed by atoms with Crippen molar-refractivity contribution in [3.8, 4) is 11.3 Å². The molecular formula is C21H24Cl2N4O. The molecular weight excluding hydrogens is 395 g/mol. The Morgan fingerprint density at radius 1 is 1.29 bits per heavy atom. The van der Waals surface area contributed by atoms with Gasteiger partial charge in [0.2, 0.25) is 0 Å². The Kier molecular flexibility index (Phi) is 5.50. The lowest BCUT2D eigenvalue weighted by atomic mass is 9.77. The highest BCUT2D eigenvalue weighted by Crippen LogP contribution is 2.43. The van der Waals surface area contributed by atoms with Gasteiger partial charge in [-0.1, -0.05) is 35.3 Å². The molecule has 0 amide bonds. The number of benzene rings is 1. The van der Waals surface area contributed by atoms with Crippen LogP contribution in [0.5, 0.6) is 0 Å². The van der Waals surface area contributed by atoms with Crippen LogP contribution in [0.3, 0.4) is 0 Å². The van der Waals surface area contributed by atoms with E-state index in [0.717, 1.165) is 56.0 Å². The van der Waals surface area contributed by atoms with E-state index in [1.165, 1.54) is 6.20 Å². The smallest absolute Gasteiger partial charge is 0.154 e. The number of hydrogen-bond donors (Lipinski definition) is 1. The van der Waals surface area contributed by atoms with Gasteiger partial charge in [0, 0.05) is 18.7 Å². The van der Waals surface area contributed by atoms with Crippen LogP contribution >= 0.6 is 23.2 Å². The maximum absolute atomic E-state index is 6.36. The minimum Gasteiger partial charge on any atom is -0.405 e. The molecule has 148 valence electrons. The topological polar surface area (TPSA) is 64.3 Å². The van der Waals surface area contributed by atoms with Crippen molar-refractivity contribution in [3.05, 3.63) is 46.3 Å². The summed E-state index contributed by atoms with van der Waals surface area (Å²) in [5.41, 5.74) is 8.18. The number of nitrogens with zero attached hydrogens (tertiary/aromatic N) is 3. The molecule has 2 aliphatic rings. The fourth-order valence-corrected chi connectivity index (χ4v) is 4.66. The zero-order valence-corrected chi connectivity index (χ0v) is 17.4. The first-order valence-corrected chi connectivity index (χ1v) is 10.3. The molecule has 2 fully saturated rings. The zero-order chi connectivity index (χ0) is 19.7. The highest BCUT2D eigenvalue weighted by atomic mass is 35.5. The molecule has 1 atom stereocenters. The van der Waals surface area contributed by atoms with Crippen LogP contribution in [0.1, 0.15) is 31.9 Å². The largest absolute Gasteiger partial charge is 0.405 e. The summed E-state index contributed by atoms with van der Waals surface area (Å²) in [6.45, 7) is 4.91. The standard InChI is InChI=1S/C21H24Cl2N4O/c1-14-11-21(13-28-14)6-9-27(10-7-21)20-17(5-8-24)26-18(12-25-20)15-3-2-4-16(22)19(15)23/h2-5,8,12,14H,6-7,9-11,13,24H2,1H3/t14-/m0/s1. The first kappa shape index (κ1) is 19.5. The number of nitrogens with two attached hydrogens (primary N) is 1. The van der Waals surface area contributed by atoms with E-state index >= 15 is 0 Å². The second-order valence-electron chi connectivity index (χ2n) is 7.74. The van der Waals surface area contributed by atoms with Gasteiger partial charge in [-0.15, -0.1) is 0 Å². The molecule has 2 saturated heterocycles. The number of ether oxygens (including phenoxy) is 1. The van der Waals surface area contributed by atoms with Gasteiger partial charge in [-0.3, -0.25) is 0 Å². The number of piperidine rings is 1. The lowest BCUT2D eigenvalue weighted by molar-refractivity contribution is 0.0976. The highest BCUT2D eigenvalue weighted by molar-refractivity contribution is 6.43. The Morgan fingerprint density at radius 2 is 2.07 bits per heavy atom. The highest BCUT2D eigenvalue weighted by Gasteiger charge is 2.41. The molecule has 1 aromatic carbocycles. The van der Waals surface area contributed by atoms with Crippen LogP contribution in [0.4, 0.5) is 5.82 Å². The zero-order valence-electron chi connectivity index (χ0n) is 15.9. The second-order valence-corrected chi connectivity index (χ2v) is 8.52. The molecule has 5 nitrogen and oxygen atoms in total. The molecule has 4 rings (SSSR count). The maximum Gasteiger partial charge on any atom is 0.154 e. The van der Waals surface area contributed by atoms with Gasteiger partial charge >= 0.3 is 0 Å². The lowest BCUT2D eigenvalue weighted by Crippen LogP contribution is -2.41. The number of aromatic nitrogens is 2. The molecule has 0 unspecified atom stereocenters. The molecule has 0 saturated carbocycles. The van der Waals surface area contributed by atoms with Crippen LogP contribution in [0, 0.1) is 5.41 Å². The molecule has 28 heavy (non-hydrogen) atoms. The first-order chi connectivity index (χ1) is 13.5. The molecule has 1 aromatic heterocycles. The van der Waals surface area contributed by atoms with Crippen LogP contribution in [0.15, 0.2) is 30.6 Å². The van der Waals surface area contributed by atoms with E-state index in [9.17, 15) is 0 Å². The molecule has 0 radical (unpaired) electrons. The fraction of sp³-hybridized carbons (Fsp3) is 0.429. The minimum absolute atomic E-state index is 0.321. The molecule has 1 spiro atoms. The Hall–Kier alpha value is -1.82. The summed E-state index contributed by atoms with van der Waals surface area (Å²) in [6, 6.07) is 5.50. The summed E-state index contributed by atoms with van der Waals surface area (Å²) in [5.74, 6) is 0.852. The van der Waals surface area contributed by atoms with Gasteiger partial charge in [0.1, 0.15) is 5.69 Å². The number of hydrogen-bond acceptors (Lipinski definition) is 5. The predicted octanol–water partition coefficient (Wildman–Crippen LogP) is 4.78. The normalized spacial score (nSPS) is 21.7. The Bertz CT molecular complexity index is 894. The monoisotopic (exact) mass is 418 g/mol. The van der Waals surface area contributed by atoms with Gasteiger partial charge in [0.05, 0.1) is 34.6 Å². The van der Waals surface area contributed by atoms with E-state index in [-0.39, 0.29) is 0 Å². The van der Waals surface area contributed by atoms with Gasteiger partial charge in [-0.25, -0.2) is 9.97 Å². The summed E-state index contributed by atoms with van der Waals surface area (Å²) in [4.78, 5) is 11.8. The number of halogens is 2. The summed E-state index contributed by atoms with van der Waals surface area (Å²) < 4.78 is 5.84. The van der Waals surface area contributed by atoms with Crippen LogP contribution in [0.25, 0.3) is 17.3 Å². The predicted molar refractivity (Wildman–Crippen MR) is 115 cm³/mol. The molecule has 3 heterocycles. The molecule has 0 bridgehead atoms. The molecule has 7 heteroatoms. The van der Waals surface area contributed by atoms with Crippen LogP contribution in [0.2, 0.25) is 10.0 Å². The third-order valence-electron chi connectivity index (χ3n) is 5.78. The molecule has 2 aromatic rings. The third-order valence-corrected chi connectivity index (χ3v) is 6.60. The van der Waals surface area contributed by atoms with Crippen LogP contribution < -0.4 is 10.6 Å². The Morgan fingerprint density at radius 3 is 2.75 bits per heavy atom. The fourth-order valence-electron chi connectivity index (χ4n) is 4.26. The lowest BCUT2D eigenvalue weighted by Gasteiger charge is -2.39. The van der Waals surface area contributed by atoms with Crippen LogP contribution in [-0.2, 0) is 4.74 Å². The van der Waals surface area contributed by atoms with Crippen molar-refractivity contribution in [1.29, 1.82) is 0 Å². The van der Waals surface area contributed by atoms with Gasteiger partial charge in [0.25, 0.3) is 0 Å². The summed E-state index contributed by atoms with van der Waals surface area (Å²) in [6.07, 6.45) is 8.76. The van der Waals surface area contributed by atoms with Crippen molar-refractivity contribution in [2.45, 2.75) is 32.3 Å². The van der Waals surface area contributed by atoms with Gasteiger partial charge < -0.3 is 15.4 Å². The maximum atomic E-state index is 6.36. The van der Waals surface area contributed by atoms with Crippen molar-refractivity contribution >= 4 is 35.1 Å². The molecule has 2 aliphatic heterocycles. The number of rotatable bonds is 3. The van der Waals surface area contributed by atoms with E-state index in [4.69, 9.17) is 43.6 Å². The Balaban J connectivity index is 1.61. The van der Waals surface area contributed by atoms with Gasteiger partial charge in [0.15, 0.2) is 5.82 Å². The summed E-state index contributed by atoms with van der Waals surface area (Å²) in [7, 11) is 0. The number of anilines is 1. The van der Waals surface area contributed by atoms with Crippen molar-refractivity contribution in [1.82, 2.24) is 9.97 Å². The SMILES string of the molecule is C[C@H]1CC2(CCN(c3ncc(-c4cccc(Cl)c4Cl)nc3C=CN)CC2)CO1. The van der Waals surface area contributed by atoms with Gasteiger partial charge in [-0.2, -0.15) is 0 Å². The van der Waals surface area contributed by atoms with E-state index < -0.39 is 0 Å². The third kappa shape index (κ3) is 3.71. The average molecular weight is 419 g/mol. The van der Waals surface area contributed by atoms with Crippen molar-refractivity contribution in [3.63, 3.8) is 0 Å². The van der Waals surface area contributed by atoms with E-state index in [2.05, 4.69) is 11.8 Å². The molecule has 2 N–H and O–H groups in total. The quantitative estimate of drug-likeness (QED) is 0.776. The average Bonchev–Trinajstić information content (AvgIpc) is 3.05. The second kappa shape index (κ2) is 7.90. The van der Waals surface area contributed by atoms with Crippen molar-refractivity contribution in [2.24, 2.45) is 11.1 Å². The summed E-state index contributed by atoms with van der Waals surface area (Å²) >= 11 is 12.5. The van der Waals surface area contributed by atoms with Gasteiger partial charge in [-0.05, 0) is 49.9 Å². The summed E-state index contributed by atoms with van der Waals surface area (Å²) in [5, 5.41) is 0.972.